The molecule has 0 unspecified atom stereocenters. The summed E-state index contributed by atoms with van der Waals surface area (Å²) in [5.41, 5.74) is 0. The van der Waals surface area contributed by atoms with Crippen LogP contribution in [0.15, 0.2) is 0 Å². The summed E-state index contributed by atoms with van der Waals surface area (Å²) in [4.78, 5) is 10.1. The predicted octanol–water partition coefficient (Wildman–Crippen LogP) is -1.22. The number of hydrogen-bond acceptors (Lipinski definition) is 1. The quantitative estimate of drug-likeness (QED) is 0.413. The topological polar surface area (TPSA) is 29.1 Å². The van der Waals surface area contributed by atoms with Gasteiger partial charge in [0.05, 0.1) is 0 Å². The van der Waals surface area contributed by atoms with Crippen LogP contribution >= 0.6 is 0 Å². The van der Waals surface area contributed by atoms with Gasteiger partial charge in [-0.25, -0.2) is 0 Å². The van der Waals surface area contributed by atoms with Crippen molar-refractivity contribution in [2.75, 3.05) is 7.05 Å². The summed E-state index contributed by atoms with van der Waals surface area (Å²) in [6.45, 7) is 0. The second kappa shape index (κ2) is 2.90. The molecule has 0 aromatic carbocycles. The largest absolute Gasteiger partial charge is 0.359 e. The zero-order valence-corrected chi connectivity index (χ0v) is 5.24. The fraction of sp³-hybridized carbons (Fsp3) is 0.667. The van der Waals surface area contributed by atoms with Gasteiger partial charge in [-0.1, -0.05) is 0 Å². The Balaban J connectivity index is 2.99. The van der Waals surface area contributed by atoms with E-state index in [1.165, 1.54) is 0 Å². The summed E-state index contributed by atoms with van der Waals surface area (Å²) >= 11 is 0. The van der Waals surface area contributed by atoms with Gasteiger partial charge in [-0.3, -0.25) is 4.79 Å². The SMILES string of the molecule is CNC(=O)C[SiH2]. The average Bonchev–Trinajstić information content (AvgIpc) is 1.65. The number of nitrogens with one attached hydrogen (secondary N) is 1. The van der Waals surface area contributed by atoms with Gasteiger partial charge in [0.2, 0.25) is 5.91 Å². The molecule has 0 rings (SSSR count). The minimum Gasteiger partial charge on any atom is -0.359 e. The lowest BCUT2D eigenvalue weighted by atomic mass is 10.7. The lowest BCUT2D eigenvalue weighted by molar-refractivity contribution is -0.118. The Bertz CT molecular complexity index is 48.8. The van der Waals surface area contributed by atoms with Crippen molar-refractivity contribution < 1.29 is 4.79 Å². The van der Waals surface area contributed by atoms with Crippen LogP contribution in [0, 0.1) is 0 Å². The molecule has 0 aliphatic rings. The molecule has 1 amide bonds. The maximum Gasteiger partial charge on any atom is 0.216 e. The molecule has 0 saturated carbocycles. The maximum absolute atomic E-state index is 10.1. The van der Waals surface area contributed by atoms with Crippen molar-refractivity contribution in [2.45, 2.75) is 6.04 Å². The number of carbonyl (C=O) groups is 1. The molecule has 0 aliphatic heterocycles. The van der Waals surface area contributed by atoms with Crippen molar-refractivity contribution in [3.05, 3.63) is 0 Å². The molecular formula is C3H8NOSi. The van der Waals surface area contributed by atoms with E-state index in [1.807, 2.05) is 0 Å². The summed E-state index contributed by atoms with van der Waals surface area (Å²) in [6, 6.07) is 0.608. The minimum atomic E-state index is 0.105. The van der Waals surface area contributed by atoms with Crippen molar-refractivity contribution in [1.82, 2.24) is 5.32 Å². The highest BCUT2D eigenvalue weighted by Gasteiger charge is 1.84. The van der Waals surface area contributed by atoms with Gasteiger partial charge < -0.3 is 5.32 Å². The van der Waals surface area contributed by atoms with E-state index in [1.54, 1.807) is 17.3 Å². The van der Waals surface area contributed by atoms with Crippen LogP contribution in [-0.2, 0) is 4.79 Å². The molecule has 0 heterocycles. The monoisotopic (exact) mass is 102 g/mol. The van der Waals surface area contributed by atoms with Crippen LogP contribution in [-0.4, -0.2) is 23.2 Å². The molecule has 3 heteroatoms. The molecule has 0 spiro atoms. The molecular weight excluding hydrogens is 94.1 g/mol. The fourth-order valence-electron chi connectivity index (χ4n) is 0.125. The van der Waals surface area contributed by atoms with Gasteiger partial charge in [-0.2, -0.15) is 0 Å². The molecule has 0 aliphatic carbocycles. The van der Waals surface area contributed by atoms with Crippen LogP contribution in [0.2, 0.25) is 6.04 Å². The molecule has 1 N–H and O–H groups in total. The molecule has 0 aromatic rings. The molecule has 0 bridgehead atoms. The van der Waals surface area contributed by atoms with Crippen molar-refractivity contribution in [1.29, 1.82) is 0 Å². The predicted molar refractivity (Wildman–Crippen MR) is 27.4 cm³/mol. The molecule has 0 saturated heterocycles. The van der Waals surface area contributed by atoms with Gasteiger partial charge in [0.1, 0.15) is 0 Å². The zero-order valence-electron chi connectivity index (χ0n) is 3.82. The first kappa shape index (κ1) is 5.69. The zero-order chi connectivity index (χ0) is 4.99. The Labute approximate surface area is 40.4 Å². The lowest BCUT2D eigenvalue weighted by Gasteiger charge is -1.87. The van der Waals surface area contributed by atoms with Crippen molar-refractivity contribution in [2.24, 2.45) is 0 Å². The summed E-state index contributed by atoms with van der Waals surface area (Å²) in [5, 5.41) is 2.48. The highest BCUT2D eigenvalue weighted by Crippen LogP contribution is 1.64. The summed E-state index contributed by atoms with van der Waals surface area (Å²) < 4.78 is 0. The summed E-state index contributed by atoms with van der Waals surface area (Å²) in [7, 11) is 3.28. The Morgan fingerprint density at radius 2 is 2.50 bits per heavy atom. The molecule has 0 fully saturated rings. The number of rotatable bonds is 1. The third-order valence-corrected chi connectivity index (χ3v) is 0.960. The van der Waals surface area contributed by atoms with Gasteiger partial charge in [0.25, 0.3) is 0 Å². The molecule has 0 atom stereocenters. The molecule has 6 heavy (non-hydrogen) atoms. The number of hydrogen-bond donors (Lipinski definition) is 1. The highest BCUT2D eigenvalue weighted by molar-refractivity contribution is 6.19. The standard InChI is InChI=1S/C3H8NOSi/c1-4-3(5)2-6/h2,6H2,1H3,(H,4,5). The lowest BCUT2D eigenvalue weighted by Crippen LogP contribution is -2.15. The van der Waals surface area contributed by atoms with E-state index in [9.17, 15) is 4.79 Å². The first-order valence-corrected chi connectivity index (χ1v) is 2.81. The smallest absolute Gasteiger partial charge is 0.216 e. The van der Waals surface area contributed by atoms with Gasteiger partial charge >= 0.3 is 0 Å². The van der Waals surface area contributed by atoms with E-state index in [-0.39, 0.29) is 5.91 Å². The molecule has 35 valence electrons. The first-order chi connectivity index (χ1) is 2.81. The van der Waals surface area contributed by atoms with Crippen molar-refractivity contribution in [3.8, 4) is 0 Å². The Kier molecular flexibility index (Phi) is 2.75. The van der Waals surface area contributed by atoms with E-state index in [0.29, 0.717) is 6.04 Å². The molecule has 0 aromatic heterocycles. The number of amides is 1. The minimum absolute atomic E-state index is 0.105. The third-order valence-electron chi connectivity index (χ3n) is 0.506. The number of carbonyl (C=O) groups excluding carboxylic acids is 1. The average molecular weight is 102 g/mol. The Morgan fingerprint density at radius 3 is 2.50 bits per heavy atom. The van der Waals surface area contributed by atoms with Crippen LogP contribution in [0.1, 0.15) is 0 Å². The van der Waals surface area contributed by atoms with Crippen LogP contribution in [0.5, 0.6) is 0 Å². The van der Waals surface area contributed by atoms with Crippen molar-refractivity contribution >= 4 is 16.1 Å². The van der Waals surface area contributed by atoms with Crippen LogP contribution in [0.25, 0.3) is 0 Å². The van der Waals surface area contributed by atoms with Crippen LogP contribution < -0.4 is 5.32 Å². The normalized spacial score (nSPS) is 7.67. The van der Waals surface area contributed by atoms with Crippen molar-refractivity contribution in [3.63, 3.8) is 0 Å². The van der Waals surface area contributed by atoms with Gasteiger partial charge in [0, 0.05) is 23.3 Å². The third kappa shape index (κ3) is 1.96. The van der Waals surface area contributed by atoms with E-state index in [2.05, 4.69) is 5.32 Å². The second-order valence-electron chi connectivity index (χ2n) is 0.923. The molecule has 2 nitrogen and oxygen atoms in total. The van der Waals surface area contributed by atoms with E-state index in [4.69, 9.17) is 0 Å². The van der Waals surface area contributed by atoms with E-state index in [0.717, 1.165) is 0 Å². The maximum atomic E-state index is 10.1. The van der Waals surface area contributed by atoms with Crippen LogP contribution in [0.4, 0.5) is 0 Å². The fourth-order valence-corrected chi connectivity index (χ4v) is 0.375. The Morgan fingerprint density at radius 1 is 2.00 bits per heavy atom. The van der Waals surface area contributed by atoms with Gasteiger partial charge in [-0.05, 0) is 0 Å². The Hall–Kier alpha value is -0.313. The van der Waals surface area contributed by atoms with E-state index < -0.39 is 0 Å². The van der Waals surface area contributed by atoms with E-state index >= 15 is 0 Å². The first-order valence-electron chi connectivity index (χ1n) is 1.81. The second-order valence-corrected chi connectivity index (χ2v) is 1.42. The highest BCUT2D eigenvalue weighted by atomic mass is 28.1. The van der Waals surface area contributed by atoms with Gasteiger partial charge in [0.15, 0.2) is 0 Å². The van der Waals surface area contributed by atoms with Gasteiger partial charge in [-0.15, -0.1) is 0 Å². The summed E-state index contributed by atoms with van der Waals surface area (Å²) in [6.07, 6.45) is 0. The molecule has 1 radical (unpaired) electrons. The van der Waals surface area contributed by atoms with Crippen LogP contribution in [0.3, 0.4) is 0 Å². The summed E-state index contributed by atoms with van der Waals surface area (Å²) in [5.74, 6) is 0.105.